The molecule has 156 valence electrons. The summed E-state index contributed by atoms with van der Waals surface area (Å²) in [5.41, 5.74) is -0.146. The van der Waals surface area contributed by atoms with Crippen molar-refractivity contribution in [3.8, 4) is 0 Å². The zero-order valence-corrected chi connectivity index (χ0v) is 16.5. The summed E-state index contributed by atoms with van der Waals surface area (Å²) in [7, 11) is -4.54. The fourth-order valence-corrected chi connectivity index (χ4v) is 4.14. The van der Waals surface area contributed by atoms with Gasteiger partial charge < -0.3 is 9.84 Å². The molecule has 2 aromatic carbocycles. The van der Waals surface area contributed by atoms with E-state index >= 15 is 4.39 Å². The van der Waals surface area contributed by atoms with Gasteiger partial charge in [0.05, 0.1) is 24.3 Å². The Hall–Kier alpha value is -2.11. The number of rotatable bonds is 4. The first kappa shape index (κ1) is 21.6. The van der Waals surface area contributed by atoms with Gasteiger partial charge in [0, 0.05) is 17.7 Å². The molecule has 1 aliphatic heterocycles. The molecule has 29 heavy (non-hydrogen) atoms. The number of carbonyl (C=O) groups excluding carboxylic acids is 1. The molecule has 1 heterocycles. The maximum Gasteiger partial charge on any atom is 0.304 e. The van der Waals surface area contributed by atoms with E-state index < -0.39 is 53.6 Å². The molecule has 1 amide bonds. The quantitative estimate of drug-likeness (QED) is 0.748. The Morgan fingerprint density at radius 1 is 1.28 bits per heavy atom. The van der Waals surface area contributed by atoms with Crippen LogP contribution < -0.4 is 4.72 Å². The molecule has 1 aliphatic rings. The Bertz CT molecular complexity index is 1010. The van der Waals surface area contributed by atoms with E-state index in [1.807, 2.05) is 4.72 Å². The van der Waals surface area contributed by atoms with Crippen molar-refractivity contribution in [3.63, 3.8) is 0 Å². The lowest BCUT2D eigenvalue weighted by Gasteiger charge is -2.28. The van der Waals surface area contributed by atoms with Gasteiger partial charge in [-0.3, -0.25) is 4.79 Å². The van der Waals surface area contributed by atoms with Crippen LogP contribution in [0.5, 0.6) is 0 Å². The van der Waals surface area contributed by atoms with E-state index in [1.165, 1.54) is 12.1 Å². The summed E-state index contributed by atoms with van der Waals surface area (Å²) >= 11 is 5.69. The number of nitrogens with one attached hydrogen (secondary N) is 1. The average Bonchev–Trinajstić information content (AvgIpc) is 2.84. The molecule has 7 nitrogen and oxygen atoms in total. The topological polar surface area (TPSA) is 95.9 Å². The Labute approximate surface area is 171 Å². The van der Waals surface area contributed by atoms with E-state index in [0.29, 0.717) is 4.31 Å². The van der Waals surface area contributed by atoms with Crippen LogP contribution in [0, 0.1) is 5.82 Å². The summed E-state index contributed by atoms with van der Waals surface area (Å²) < 4.78 is 61.8. The summed E-state index contributed by atoms with van der Waals surface area (Å²) in [6.07, 6.45) is -1.35. The lowest BCUT2D eigenvalue weighted by Crippen LogP contribution is -2.49. The zero-order valence-electron chi connectivity index (χ0n) is 14.9. The molecule has 0 radical (unpaired) electrons. The van der Waals surface area contributed by atoms with Crippen molar-refractivity contribution in [1.82, 2.24) is 9.03 Å². The second-order valence-electron chi connectivity index (χ2n) is 6.42. The van der Waals surface area contributed by atoms with Gasteiger partial charge in [0.2, 0.25) is 5.85 Å². The van der Waals surface area contributed by atoms with Crippen LogP contribution in [-0.4, -0.2) is 49.5 Å². The molecule has 1 fully saturated rings. The van der Waals surface area contributed by atoms with Crippen LogP contribution in [0.25, 0.3) is 0 Å². The number of halogens is 3. The second-order valence-corrected chi connectivity index (χ2v) is 8.49. The van der Waals surface area contributed by atoms with Gasteiger partial charge >= 0.3 is 10.2 Å². The predicted molar refractivity (Wildman–Crippen MR) is 101 cm³/mol. The van der Waals surface area contributed by atoms with E-state index in [-0.39, 0.29) is 16.1 Å². The number of ether oxygens (including phenoxy) is 1. The van der Waals surface area contributed by atoms with E-state index in [1.54, 1.807) is 18.2 Å². The van der Waals surface area contributed by atoms with Crippen LogP contribution in [0.2, 0.25) is 5.02 Å². The molecule has 0 aliphatic carbocycles. The molecule has 2 atom stereocenters. The summed E-state index contributed by atoms with van der Waals surface area (Å²) in [4.78, 5) is 12.2. The first-order valence-electron chi connectivity index (χ1n) is 8.44. The number of hydrogen-bond donors (Lipinski definition) is 2. The first-order valence-corrected chi connectivity index (χ1v) is 10.3. The molecule has 0 spiro atoms. The molecule has 0 saturated carbocycles. The lowest BCUT2D eigenvalue weighted by molar-refractivity contribution is -0.158. The monoisotopic (exact) mass is 446 g/mol. The largest absolute Gasteiger partial charge is 0.389 e. The third-order valence-electron chi connectivity index (χ3n) is 4.25. The second kappa shape index (κ2) is 8.33. The predicted octanol–water partition coefficient (Wildman–Crippen LogP) is 1.97. The fourth-order valence-electron chi connectivity index (χ4n) is 2.77. The number of aliphatic hydroxyl groups is 1. The summed E-state index contributed by atoms with van der Waals surface area (Å²) in [5.74, 6) is -4.42. The maximum atomic E-state index is 15.6. The minimum Gasteiger partial charge on any atom is -0.389 e. The molecule has 2 unspecified atom stereocenters. The molecule has 0 bridgehead atoms. The van der Waals surface area contributed by atoms with Crippen LogP contribution in [0.3, 0.4) is 0 Å². The summed E-state index contributed by atoms with van der Waals surface area (Å²) in [5, 5.41) is 9.58. The highest BCUT2D eigenvalue weighted by Gasteiger charge is 2.43. The van der Waals surface area contributed by atoms with Gasteiger partial charge in [0.15, 0.2) is 0 Å². The third kappa shape index (κ3) is 4.90. The summed E-state index contributed by atoms with van der Waals surface area (Å²) in [6, 6.07) is 10.5. The van der Waals surface area contributed by atoms with Crippen molar-refractivity contribution in [2.24, 2.45) is 0 Å². The SMILES string of the molecule is O=C(NS(=O)(=O)N1CC(O)COC(F)(c2ccc(F)c(Cl)c2)C1)c1ccccc1. The van der Waals surface area contributed by atoms with E-state index in [9.17, 15) is 22.7 Å². The van der Waals surface area contributed by atoms with Gasteiger partial charge in [-0.15, -0.1) is 0 Å². The van der Waals surface area contributed by atoms with Crippen molar-refractivity contribution >= 4 is 27.7 Å². The maximum absolute atomic E-state index is 15.6. The number of aliphatic hydroxyl groups excluding tert-OH is 1. The van der Waals surface area contributed by atoms with Gasteiger partial charge in [0.1, 0.15) is 5.82 Å². The molecule has 0 aromatic heterocycles. The number of carbonyl (C=O) groups is 1. The number of benzene rings is 2. The highest BCUT2D eigenvalue weighted by Crippen LogP contribution is 2.34. The highest BCUT2D eigenvalue weighted by atomic mass is 35.5. The minimum atomic E-state index is -4.54. The van der Waals surface area contributed by atoms with Crippen LogP contribution in [-0.2, 0) is 20.8 Å². The Balaban J connectivity index is 1.88. The van der Waals surface area contributed by atoms with Crippen LogP contribution in [0.15, 0.2) is 48.5 Å². The fraction of sp³-hybridized carbons (Fsp3) is 0.278. The Morgan fingerprint density at radius 2 is 1.97 bits per heavy atom. The van der Waals surface area contributed by atoms with Crippen molar-refractivity contribution in [3.05, 3.63) is 70.5 Å². The van der Waals surface area contributed by atoms with Crippen molar-refractivity contribution in [1.29, 1.82) is 0 Å². The van der Waals surface area contributed by atoms with Gasteiger partial charge in [-0.05, 0) is 24.3 Å². The lowest BCUT2D eigenvalue weighted by atomic mass is 10.1. The normalized spacial score (nSPS) is 23.4. The number of amides is 1. The minimum absolute atomic E-state index is 0.0829. The van der Waals surface area contributed by atoms with Crippen molar-refractivity contribution < 1.29 is 31.8 Å². The standard InChI is InChI=1S/C18H17ClF2N2O5S/c19-15-8-13(6-7-16(15)20)18(21)11-23(9-14(24)10-28-18)29(26,27)22-17(25)12-4-2-1-3-5-12/h1-8,14,24H,9-11H2,(H,22,25). The Morgan fingerprint density at radius 3 is 2.62 bits per heavy atom. The van der Waals surface area contributed by atoms with Gasteiger partial charge in [0.25, 0.3) is 5.91 Å². The van der Waals surface area contributed by atoms with Crippen LogP contribution >= 0.6 is 11.6 Å². The number of nitrogens with zero attached hydrogens (tertiary/aromatic N) is 1. The zero-order chi connectivity index (χ0) is 21.2. The van der Waals surface area contributed by atoms with Crippen LogP contribution in [0.4, 0.5) is 8.78 Å². The molecular formula is C18H17ClF2N2O5S. The summed E-state index contributed by atoms with van der Waals surface area (Å²) in [6.45, 7) is -1.93. The average molecular weight is 447 g/mol. The number of hydrogen-bond acceptors (Lipinski definition) is 5. The van der Waals surface area contributed by atoms with Crippen molar-refractivity contribution in [2.45, 2.75) is 12.0 Å². The van der Waals surface area contributed by atoms with E-state index in [0.717, 1.165) is 18.2 Å². The molecule has 1 saturated heterocycles. The molecule has 3 rings (SSSR count). The van der Waals surface area contributed by atoms with E-state index in [2.05, 4.69) is 0 Å². The van der Waals surface area contributed by atoms with Gasteiger partial charge in [-0.1, -0.05) is 35.9 Å². The van der Waals surface area contributed by atoms with Gasteiger partial charge in [-0.2, -0.15) is 12.7 Å². The molecule has 2 aromatic rings. The first-order chi connectivity index (χ1) is 13.6. The van der Waals surface area contributed by atoms with Crippen molar-refractivity contribution in [2.75, 3.05) is 19.7 Å². The Kier molecular flexibility index (Phi) is 6.20. The molecule has 11 heteroatoms. The number of β-amino-alcohol motifs (C(OH)–C–C–N with tert-alkyl or cyclic N) is 1. The third-order valence-corrected chi connectivity index (χ3v) is 5.94. The highest BCUT2D eigenvalue weighted by molar-refractivity contribution is 7.87. The number of alkyl halides is 1. The van der Waals surface area contributed by atoms with Crippen LogP contribution in [0.1, 0.15) is 15.9 Å². The smallest absolute Gasteiger partial charge is 0.304 e. The van der Waals surface area contributed by atoms with Gasteiger partial charge in [-0.25, -0.2) is 13.5 Å². The molecular weight excluding hydrogens is 430 g/mol. The molecule has 2 N–H and O–H groups in total. The van der Waals surface area contributed by atoms with E-state index in [4.69, 9.17) is 16.3 Å².